The molecule has 3 nitrogen and oxygen atoms in total. The Morgan fingerprint density at radius 3 is 3.00 bits per heavy atom. The maximum Gasteiger partial charge on any atom is 0.120 e. The Hall–Kier alpha value is -0.970. The van der Waals surface area contributed by atoms with E-state index in [1.807, 2.05) is 18.2 Å². The van der Waals surface area contributed by atoms with Crippen molar-refractivity contribution in [3.05, 3.63) is 29.3 Å². The van der Waals surface area contributed by atoms with Gasteiger partial charge in [0.2, 0.25) is 0 Å². The lowest BCUT2D eigenvalue weighted by Crippen LogP contribution is -2.48. The van der Waals surface area contributed by atoms with Crippen molar-refractivity contribution < 1.29 is 4.74 Å². The van der Waals surface area contributed by atoms with Crippen LogP contribution in [0.1, 0.15) is 5.01 Å². The van der Waals surface area contributed by atoms with Crippen molar-refractivity contribution in [3.8, 4) is 0 Å². The molecule has 0 saturated carbocycles. The Bertz CT molecular complexity index is 431. The maximum absolute atomic E-state index is 5.68. The average Bonchev–Trinajstić information content (AvgIpc) is 2.57. The highest BCUT2D eigenvalue weighted by Gasteiger charge is 2.17. The van der Waals surface area contributed by atoms with Crippen LogP contribution in [0.4, 0.5) is 0 Å². The topological polar surface area (TPSA) is 34.1 Å². The highest BCUT2D eigenvalue weighted by atomic mass is 32.1. The number of rotatable bonds is 3. The van der Waals surface area contributed by atoms with Gasteiger partial charge in [0.25, 0.3) is 0 Å². The third kappa shape index (κ3) is 1.88. The van der Waals surface area contributed by atoms with E-state index in [1.165, 1.54) is 4.70 Å². The van der Waals surface area contributed by atoms with E-state index in [1.54, 1.807) is 11.3 Å². The van der Waals surface area contributed by atoms with E-state index in [4.69, 9.17) is 4.74 Å². The van der Waals surface area contributed by atoms with Crippen molar-refractivity contribution in [2.75, 3.05) is 13.1 Å². The first-order valence-electron chi connectivity index (χ1n) is 5.08. The second-order valence-corrected chi connectivity index (χ2v) is 4.78. The molecule has 1 N–H and O–H groups in total. The normalized spacial score (nSPS) is 16.8. The minimum Gasteiger partial charge on any atom is -0.368 e. The van der Waals surface area contributed by atoms with Gasteiger partial charge in [-0.3, -0.25) is 0 Å². The molecule has 78 valence electrons. The van der Waals surface area contributed by atoms with Gasteiger partial charge in [-0.2, -0.15) is 0 Å². The van der Waals surface area contributed by atoms with Gasteiger partial charge < -0.3 is 10.1 Å². The molecule has 1 fully saturated rings. The summed E-state index contributed by atoms with van der Waals surface area (Å²) in [6.07, 6.45) is 0.386. The molecule has 3 rings (SSSR count). The lowest BCUT2D eigenvalue weighted by Gasteiger charge is -2.26. The van der Waals surface area contributed by atoms with Crippen molar-refractivity contribution in [3.63, 3.8) is 0 Å². The van der Waals surface area contributed by atoms with E-state index in [2.05, 4.69) is 16.4 Å². The summed E-state index contributed by atoms with van der Waals surface area (Å²) in [5.41, 5.74) is 1.08. The number of nitrogens with zero attached hydrogens (tertiary/aromatic N) is 1. The van der Waals surface area contributed by atoms with Gasteiger partial charge in [0.1, 0.15) is 5.01 Å². The van der Waals surface area contributed by atoms with E-state index >= 15 is 0 Å². The predicted octanol–water partition coefficient (Wildman–Crippen LogP) is 1.78. The van der Waals surface area contributed by atoms with Crippen LogP contribution in [0, 0.1) is 0 Å². The second kappa shape index (κ2) is 3.89. The minimum absolute atomic E-state index is 0.386. The van der Waals surface area contributed by atoms with Crippen LogP contribution >= 0.6 is 11.3 Å². The van der Waals surface area contributed by atoms with Crippen LogP contribution in [0.25, 0.3) is 10.2 Å². The van der Waals surface area contributed by atoms with Crippen LogP contribution < -0.4 is 5.32 Å². The van der Waals surface area contributed by atoms with E-state index in [0.717, 1.165) is 23.6 Å². The fourth-order valence-corrected chi connectivity index (χ4v) is 2.44. The van der Waals surface area contributed by atoms with Gasteiger partial charge in [0.15, 0.2) is 0 Å². The summed E-state index contributed by atoms with van der Waals surface area (Å²) >= 11 is 1.72. The molecule has 1 aliphatic heterocycles. The summed E-state index contributed by atoms with van der Waals surface area (Å²) in [5.74, 6) is 0. The number of hydrogen-bond donors (Lipinski definition) is 1. The molecule has 0 bridgehead atoms. The summed E-state index contributed by atoms with van der Waals surface area (Å²) in [6, 6.07) is 8.20. The zero-order valence-corrected chi connectivity index (χ0v) is 9.09. The zero-order chi connectivity index (χ0) is 10.1. The molecule has 2 aromatic rings. The molecule has 0 unspecified atom stereocenters. The van der Waals surface area contributed by atoms with Gasteiger partial charge in [-0.05, 0) is 12.1 Å². The van der Waals surface area contributed by atoms with E-state index in [-0.39, 0.29) is 0 Å². The average molecular weight is 220 g/mol. The molecule has 4 heteroatoms. The molecule has 1 aromatic carbocycles. The second-order valence-electron chi connectivity index (χ2n) is 3.67. The lowest BCUT2D eigenvalue weighted by atomic mass is 10.2. The number of ether oxygens (including phenoxy) is 1. The monoisotopic (exact) mass is 220 g/mol. The summed E-state index contributed by atoms with van der Waals surface area (Å²) in [6.45, 7) is 2.60. The molecule has 0 spiro atoms. The predicted molar refractivity (Wildman–Crippen MR) is 61.1 cm³/mol. The van der Waals surface area contributed by atoms with Gasteiger partial charge >= 0.3 is 0 Å². The van der Waals surface area contributed by atoms with Crippen molar-refractivity contribution in [2.45, 2.75) is 12.7 Å². The van der Waals surface area contributed by atoms with Crippen LogP contribution in [0.15, 0.2) is 24.3 Å². The molecular formula is C11H12N2OS. The highest BCUT2D eigenvalue weighted by Crippen LogP contribution is 2.22. The first kappa shape index (κ1) is 9.27. The molecule has 0 aliphatic carbocycles. The smallest absolute Gasteiger partial charge is 0.120 e. The van der Waals surface area contributed by atoms with Crippen LogP contribution in [0.2, 0.25) is 0 Å². The number of thiazole rings is 1. The highest BCUT2D eigenvalue weighted by molar-refractivity contribution is 7.18. The van der Waals surface area contributed by atoms with Gasteiger partial charge in [-0.15, -0.1) is 11.3 Å². The third-order valence-electron chi connectivity index (χ3n) is 2.52. The number of aromatic nitrogens is 1. The standard InChI is InChI=1S/C11H12N2OS/c1-2-4-10-9(3-1)13-11(15-10)7-14-8-5-12-6-8/h1-4,8,12H,5-7H2. The summed E-state index contributed by atoms with van der Waals surface area (Å²) in [5, 5.41) is 4.25. The quantitative estimate of drug-likeness (QED) is 0.856. The van der Waals surface area contributed by atoms with E-state index in [9.17, 15) is 0 Å². The number of hydrogen-bond acceptors (Lipinski definition) is 4. The molecule has 0 amide bonds. The van der Waals surface area contributed by atoms with Crippen molar-refractivity contribution in [2.24, 2.45) is 0 Å². The molecule has 1 aromatic heterocycles. The first-order chi connectivity index (χ1) is 7.42. The Morgan fingerprint density at radius 1 is 1.40 bits per heavy atom. The van der Waals surface area contributed by atoms with Crippen LogP contribution in [0.5, 0.6) is 0 Å². The molecular weight excluding hydrogens is 208 g/mol. The lowest BCUT2D eigenvalue weighted by molar-refractivity contribution is 0.00758. The Balaban J connectivity index is 1.73. The Labute approximate surface area is 92.1 Å². The van der Waals surface area contributed by atoms with Crippen LogP contribution in [0.3, 0.4) is 0 Å². The van der Waals surface area contributed by atoms with Crippen molar-refractivity contribution in [1.82, 2.24) is 10.3 Å². The van der Waals surface area contributed by atoms with Gasteiger partial charge in [0, 0.05) is 13.1 Å². The number of para-hydroxylation sites is 1. The van der Waals surface area contributed by atoms with Gasteiger partial charge in [-0.25, -0.2) is 4.98 Å². The molecule has 2 heterocycles. The summed E-state index contributed by atoms with van der Waals surface area (Å²) in [7, 11) is 0. The zero-order valence-electron chi connectivity index (χ0n) is 8.27. The summed E-state index contributed by atoms with van der Waals surface area (Å²) in [4.78, 5) is 4.52. The Morgan fingerprint density at radius 2 is 2.27 bits per heavy atom. The number of benzene rings is 1. The molecule has 15 heavy (non-hydrogen) atoms. The number of fused-ring (bicyclic) bond motifs is 1. The molecule has 0 atom stereocenters. The Kier molecular flexibility index (Phi) is 2.40. The fraction of sp³-hybridized carbons (Fsp3) is 0.364. The molecule has 1 saturated heterocycles. The maximum atomic E-state index is 5.68. The van der Waals surface area contributed by atoms with Gasteiger partial charge in [0.05, 0.1) is 22.9 Å². The van der Waals surface area contributed by atoms with E-state index < -0.39 is 0 Å². The van der Waals surface area contributed by atoms with Crippen molar-refractivity contribution >= 4 is 21.6 Å². The number of nitrogens with one attached hydrogen (secondary N) is 1. The minimum atomic E-state index is 0.386. The SMILES string of the molecule is c1ccc2sc(COC3CNC3)nc2c1. The third-order valence-corrected chi connectivity index (χ3v) is 3.53. The van der Waals surface area contributed by atoms with Crippen molar-refractivity contribution in [1.29, 1.82) is 0 Å². The van der Waals surface area contributed by atoms with Crippen LogP contribution in [-0.4, -0.2) is 24.2 Å². The molecule has 0 radical (unpaired) electrons. The summed E-state index contributed by atoms with van der Waals surface area (Å²) < 4.78 is 6.92. The van der Waals surface area contributed by atoms with E-state index in [0.29, 0.717) is 12.7 Å². The van der Waals surface area contributed by atoms with Crippen LogP contribution in [-0.2, 0) is 11.3 Å². The van der Waals surface area contributed by atoms with Gasteiger partial charge in [-0.1, -0.05) is 12.1 Å². The first-order valence-corrected chi connectivity index (χ1v) is 5.90. The largest absolute Gasteiger partial charge is 0.368 e. The fourth-order valence-electron chi connectivity index (χ4n) is 1.55. The molecule has 1 aliphatic rings.